The molecule has 29 heavy (non-hydrogen) atoms. The molecule has 0 aliphatic carbocycles. The number of benzene rings is 1. The number of alkyl halides is 3. The van der Waals surface area contributed by atoms with Crippen molar-refractivity contribution in [2.75, 3.05) is 37.7 Å². The predicted molar refractivity (Wildman–Crippen MR) is 100 cm³/mol. The molecule has 0 bridgehead atoms. The average molecular weight is 409 g/mol. The van der Waals surface area contributed by atoms with Crippen LogP contribution >= 0.6 is 0 Å². The molecule has 0 spiro atoms. The van der Waals surface area contributed by atoms with Gasteiger partial charge in [0.15, 0.2) is 0 Å². The van der Waals surface area contributed by atoms with E-state index in [9.17, 15) is 18.0 Å². The Morgan fingerprint density at radius 2 is 1.86 bits per heavy atom. The topological polar surface area (TPSA) is 79.4 Å². The molecule has 2 aromatic rings. The van der Waals surface area contributed by atoms with E-state index in [-0.39, 0.29) is 5.56 Å². The summed E-state index contributed by atoms with van der Waals surface area (Å²) in [4.78, 5) is 21.9. The molecule has 1 amide bonds. The second-order valence-electron chi connectivity index (χ2n) is 6.47. The van der Waals surface area contributed by atoms with Crippen molar-refractivity contribution in [3.05, 3.63) is 53.5 Å². The van der Waals surface area contributed by atoms with Crippen molar-refractivity contribution in [2.45, 2.75) is 19.3 Å². The van der Waals surface area contributed by atoms with Gasteiger partial charge in [-0.25, -0.2) is 9.97 Å². The SMILES string of the molecule is O=C(NC(F)(F)F)c1ccccc1.c1nc2c(c(N3CCOCC3)n1)CCNC2. The first-order chi connectivity index (χ1) is 13.9. The van der Waals surface area contributed by atoms with Crippen LogP contribution in [0.15, 0.2) is 36.7 Å². The normalized spacial score (nSPS) is 16.3. The highest BCUT2D eigenvalue weighted by molar-refractivity contribution is 5.94. The number of amides is 1. The second-order valence-corrected chi connectivity index (χ2v) is 6.47. The fourth-order valence-electron chi connectivity index (χ4n) is 3.10. The molecule has 156 valence electrons. The summed E-state index contributed by atoms with van der Waals surface area (Å²) in [6, 6.07) is 7.21. The molecule has 0 atom stereocenters. The Bertz CT molecular complexity index is 811. The Kier molecular flexibility index (Phi) is 6.99. The lowest BCUT2D eigenvalue weighted by atomic mass is 10.1. The molecule has 4 rings (SSSR count). The number of aromatic nitrogens is 2. The number of halogens is 3. The van der Waals surface area contributed by atoms with Gasteiger partial charge in [0.25, 0.3) is 5.91 Å². The molecule has 2 aliphatic rings. The third-order valence-electron chi connectivity index (χ3n) is 4.46. The van der Waals surface area contributed by atoms with E-state index in [1.165, 1.54) is 29.8 Å². The van der Waals surface area contributed by atoms with E-state index in [0.717, 1.165) is 62.6 Å². The van der Waals surface area contributed by atoms with Crippen LogP contribution in [0.4, 0.5) is 19.0 Å². The molecular formula is C19H22F3N5O2. The molecule has 0 unspecified atom stereocenters. The van der Waals surface area contributed by atoms with E-state index in [1.54, 1.807) is 12.4 Å². The number of rotatable bonds is 2. The summed E-state index contributed by atoms with van der Waals surface area (Å²) in [5, 5.41) is 4.23. The van der Waals surface area contributed by atoms with Crippen LogP contribution in [-0.4, -0.2) is 55.0 Å². The lowest BCUT2D eigenvalue weighted by molar-refractivity contribution is -0.146. The zero-order valence-corrected chi connectivity index (χ0v) is 15.7. The van der Waals surface area contributed by atoms with Gasteiger partial charge in [0.1, 0.15) is 12.1 Å². The number of hydrogen-bond acceptors (Lipinski definition) is 6. The van der Waals surface area contributed by atoms with Crippen molar-refractivity contribution in [3.8, 4) is 0 Å². The quantitative estimate of drug-likeness (QED) is 0.738. The van der Waals surface area contributed by atoms with Crippen LogP contribution < -0.4 is 15.5 Å². The Labute approximate surface area is 166 Å². The average Bonchev–Trinajstić information content (AvgIpc) is 2.74. The summed E-state index contributed by atoms with van der Waals surface area (Å²) in [6.07, 6.45) is -1.97. The fraction of sp³-hybridized carbons (Fsp3) is 0.421. The standard InChI is InChI=1S/C11H16N4O.C8H6F3NO/c1-2-12-7-10-9(1)11(14-8-13-10)15-3-5-16-6-4-15;9-8(10,11)12-7(13)6-4-2-1-3-5-6/h8,12H,1-7H2;1-5H,(H,12,13). The monoisotopic (exact) mass is 409 g/mol. The minimum absolute atomic E-state index is 0.0141. The van der Waals surface area contributed by atoms with Crippen molar-refractivity contribution >= 4 is 11.7 Å². The first-order valence-electron chi connectivity index (χ1n) is 9.24. The van der Waals surface area contributed by atoms with Gasteiger partial charge in [0.05, 0.1) is 18.9 Å². The number of fused-ring (bicyclic) bond motifs is 1. The Balaban J connectivity index is 0.000000170. The van der Waals surface area contributed by atoms with Crippen molar-refractivity contribution in [3.63, 3.8) is 0 Å². The lowest BCUT2D eigenvalue weighted by Gasteiger charge is -2.31. The molecule has 1 fully saturated rings. The van der Waals surface area contributed by atoms with Gasteiger partial charge in [-0.3, -0.25) is 10.1 Å². The number of carbonyl (C=O) groups is 1. The molecule has 2 N–H and O–H groups in total. The molecule has 10 heteroatoms. The molecule has 1 aromatic heterocycles. The zero-order chi connectivity index (χ0) is 20.7. The van der Waals surface area contributed by atoms with Gasteiger partial charge in [0.2, 0.25) is 0 Å². The smallest absolute Gasteiger partial charge is 0.378 e. The molecular weight excluding hydrogens is 387 g/mol. The second kappa shape index (κ2) is 9.66. The molecule has 0 radical (unpaired) electrons. The van der Waals surface area contributed by atoms with E-state index in [2.05, 4.69) is 20.2 Å². The number of hydrogen-bond donors (Lipinski definition) is 2. The number of anilines is 1. The van der Waals surface area contributed by atoms with Crippen molar-refractivity contribution in [1.29, 1.82) is 0 Å². The molecule has 1 aromatic carbocycles. The summed E-state index contributed by atoms with van der Waals surface area (Å²) in [6.45, 7) is 5.38. The number of nitrogens with one attached hydrogen (secondary N) is 2. The summed E-state index contributed by atoms with van der Waals surface area (Å²) in [7, 11) is 0. The van der Waals surface area contributed by atoms with E-state index < -0.39 is 12.2 Å². The van der Waals surface area contributed by atoms with Gasteiger partial charge in [0, 0.05) is 30.8 Å². The Hall–Kier alpha value is -2.72. The van der Waals surface area contributed by atoms with Crippen LogP contribution in [0.2, 0.25) is 0 Å². The summed E-state index contributed by atoms with van der Waals surface area (Å²) in [5.74, 6) is -0.0251. The van der Waals surface area contributed by atoms with E-state index >= 15 is 0 Å². The van der Waals surface area contributed by atoms with Crippen LogP contribution in [0.25, 0.3) is 0 Å². The number of carbonyl (C=O) groups excluding carboxylic acids is 1. The maximum Gasteiger partial charge on any atom is 0.484 e. The fourth-order valence-corrected chi connectivity index (χ4v) is 3.10. The molecule has 1 saturated heterocycles. The summed E-state index contributed by atoms with van der Waals surface area (Å²) in [5.41, 5.74) is 2.46. The predicted octanol–water partition coefficient (Wildman–Crippen LogP) is 1.90. The Morgan fingerprint density at radius 3 is 2.55 bits per heavy atom. The largest absolute Gasteiger partial charge is 0.484 e. The highest BCUT2D eigenvalue weighted by Crippen LogP contribution is 2.23. The molecule has 0 saturated carbocycles. The highest BCUT2D eigenvalue weighted by atomic mass is 19.4. The molecule has 7 nitrogen and oxygen atoms in total. The first-order valence-corrected chi connectivity index (χ1v) is 9.24. The van der Waals surface area contributed by atoms with Crippen molar-refractivity contribution < 1.29 is 22.7 Å². The molecule has 3 heterocycles. The first kappa shape index (κ1) is 21.0. The van der Waals surface area contributed by atoms with Crippen LogP contribution in [-0.2, 0) is 17.7 Å². The van der Waals surface area contributed by atoms with Crippen LogP contribution in [0, 0.1) is 0 Å². The van der Waals surface area contributed by atoms with E-state index in [0.29, 0.717) is 0 Å². The Morgan fingerprint density at radius 1 is 1.14 bits per heavy atom. The van der Waals surface area contributed by atoms with Crippen LogP contribution in [0.3, 0.4) is 0 Å². The number of morpholine rings is 1. The third-order valence-corrected chi connectivity index (χ3v) is 4.46. The minimum atomic E-state index is -4.67. The highest BCUT2D eigenvalue weighted by Gasteiger charge is 2.30. The number of nitrogens with zero attached hydrogens (tertiary/aromatic N) is 3. The van der Waals surface area contributed by atoms with Gasteiger partial charge in [-0.1, -0.05) is 18.2 Å². The summed E-state index contributed by atoms with van der Waals surface area (Å²) >= 11 is 0. The van der Waals surface area contributed by atoms with Crippen LogP contribution in [0.5, 0.6) is 0 Å². The van der Waals surface area contributed by atoms with Crippen molar-refractivity contribution in [1.82, 2.24) is 20.6 Å². The van der Waals surface area contributed by atoms with Gasteiger partial charge in [-0.05, 0) is 25.1 Å². The van der Waals surface area contributed by atoms with Gasteiger partial charge in [-0.15, -0.1) is 0 Å². The van der Waals surface area contributed by atoms with Gasteiger partial charge in [-0.2, -0.15) is 13.2 Å². The number of ether oxygens (including phenoxy) is 1. The third kappa shape index (κ3) is 6.13. The summed E-state index contributed by atoms with van der Waals surface area (Å²) < 4.78 is 40.3. The van der Waals surface area contributed by atoms with E-state index in [4.69, 9.17) is 4.74 Å². The zero-order valence-electron chi connectivity index (χ0n) is 15.7. The lowest BCUT2D eigenvalue weighted by Crippen LogP contribution is -2.38. The maximum atomic E-state index is 11.7. The maximum absolute atomic E-state index is 11.7. The van der Waals surface area contributed by atoms with Crippen molar-refractivity contribution in [2.24, 2.45) is 0 Å². The van der Waals surface area contributed by atoms with E-state index in [1.807, 2.05) is 0 Å². The van der Waals surface area contributed by atoms with Crippen LogP contribution in [0.1, 0.15) is 21.6 Å². The van der Waals surface area contributed by atoms with Gasteiger partial charge < -0.3 is 15.0 Å². The van der Waals surface area contributed by atoms with Gasteiger partial charge >= 0.3 is 6.30 Å². The minimum Gasteiger partial charge on any atom is -0.378 e. The molecule has 2 aliphatic heterocycles.